The van der Waals surface area contributed by atoms with Gasteiger partial charge in [0.1, 0.15) is 4.47 Å². The lowest BCUT2D eigenvalue weighted by atomic mass is 10.3. The number of halogens is 2. The van der Waals surface area contributed by atoms with Crippen molar-refractivity contribution in [1.29, 1.82) is 0 Å². The van der Waals surface area contributed by atoms with Crippen LogP contribution >= 0.6 is 15.9 Å². The maximum Gasteiger partial charge on any atom is 0.288 e. The zero-order valence-electron chi connectivity index (χ0n) is 8.71. The van der Waals surface area contributed by atoms with Crippen molar-refractivity contribution in [2.75, 3.05) is 0 Å². The van der Waals surface area contributed by atoms with E-state index in [1.165, 1.54) is 24.3 Å². The van der Waals surface area contributed by atoms with Gasteiger partial charge in [0.2, 0.25) is 0 Å². The normalized spacial score (nSPS) is 10.3. The fourth-order valence-electron chi connectivity index (χ4n) is 1.33. The molecule has 0 aliphatic carbocycles. The standard InChI is InChI=1S/C10H5BrFN3O3/c11-9-8(12)5-13-14(10(9)16)6-2-1-3-7(4-6)15(17)18/h1-5H. The van der Waals surface area contributed by atoms with E-state index in [2.05, 4.69) is 21.0 Å². The van der Waals surface area contributed by atoms with Gasteiger partial charge in [0, 0.05) is 12.1 Å². The van der Waals surface area contributed by atoms with Crippen LogP contribution in [-0.4, -0.2) is 14.7 Å². The molecule has 1 heterocycles. The highest BCUT2D eigenvalue weighted by Crippen LogP contribution is 2.16. The van der Waals surface area contributed by atoms with Gasteiger partial charge in [-0.05, 0) is 22.0 Å². The Morgan fingerprint density at radius 3 is 2.83 bits per heavy atom. The summed E-state index contributed by atoms with van der Waals surface area (Å²) in [5.74, 6) is -0.790. The van der Waals surface area contributed by atoms with Gasteiger partial charge in [-0.25, -0.2) is 4.39 Å². The van der Waals surface area contributed by atoms with Gasteiger partial charge in [0.25, 0.3) is 11.2 Å². The number of nitro groups is 1. The molecule has 18 heavy (non-hydrogen) atoms. The summed E-state index contributed by atoms with van der Waals surface area (Å²) in [4.78, 5) is 21.7. The maximum atomic E-state index is 13.1. The second-order valence-electron chi connectivity index (χ2n) is 3.30. The van der Waals surface area contributed by atoms with Crippen LogP contribution in [0.5, 0.6) is 0 Å². The number of non-ortho nitro benzene ring substituents is 1. The van der Waals surface area contributed by atoms with Crippen LogP contribution in [-0.2, 0) is 0 Å². The molecule has 1 aromatic carbocycles. The molecule has 0 bridgehead atoms. The molecule has 2 rings (SSSR count). The number of hydrogen-bond donors (Lipinski definition) is 0. The lowest BCUT2D eigenvalue weighted by Crippen LogP contribution is -2.22. The molecular formula is C10H5BrFN3O3. The van der Waals surface area contributed by atoms with Gasteiger partial charge < -0.3 is 0 Å². The molecule has 0 aliphatic rings. The Bertz CT molecular complexity index is 686. The van der Waals surface area contributed by atoms with E-state index in [1.54, 1.807) is 0 Å². The Hall–Kier alpha value is -2.09. The Kier molecular flexibility index (Phi) is 3.19. The second-order valence-corrected chi connectivity index (χ2v) is 4.09. The van der Waals surface area contributed by atoms with Crippen LogP contribution in [0.4, 0.5) is 10.1 Å². The highest BCUT2D eigenvalue weighted by molar-refractivity contribution is 9.10. The maximum absolute atomic E-state index is 13.1. The smallest absolute Gasteiger partial charge is 0.266 e. The van der Waals surface area contributed by atoms with Crippen molar-refractivity contribution >= 4 is 21.6 Å². The number of nitro benzene ring substituents is 1. The summed E-state index contributed by atoms with van der Waals surface area (Å²) in [5, 5.41) is 14.2. The molecule has 6 nitrogen and oxygen atoms in total. The number of nitrogens with zero attached hydrogens (tertiary/aromatic N) is 3. The lowest BCUT2D eigenvalue weighted by molar-refractivity contribution is -0.384. The van der Waals surface area contributed by atoms with Gasteiger partial charge in [-0.3, -0.25) is 14.9 Å². The van der Waals surface area contributed by atoms with Crippen molar-refractivity contribution in [2.24, 2.45) is 0 Å². The monoisotopic (exact) mass is 313 g/mol. The van der Waals surface area contributed by atoms with E-state index in [1.807, 2.05) is 0 Å². The summed E-state index contributed by atoms with van der Waals surface area (Å²) in [6.07, 6.45) is 0.852. The summed E-state index contributed by atoms with van der Waals surface area (Å²) >= 11 is 2.79. The SMILES string of the molecule is O=c1c(Br)c(F)cnn1-c1cccc([N+](=O)[O-])c1. The topological polar surface area (TPSA) is 78.0 Å². The molecule has 0 saturated carbocycles. The summed E-state index contributed by atoms with van der Waals surface area (Å²) in [7, 11) is 0. The second kappa shape index (κ2) is 4.65. The Balaban J connectivity index is 2.63. The summed E-state index contributed by atoms with van der Waals surface area (Å²) in [5.41, 5.74) is -0.716. The Morgan fingerprint density at radius 1 is 1.44 bits per heavy atom. The van der Waals surface area contributed by atoms with Gasteiger partial charge in [-0.15, -0.1) is 0 Å². The zero-order valence-corrected chi connectivity index (χ0v) is 10.3. The van der Waals surface area contributed by atoms with Crippen molar-refractivity contribution < 1.29 is 9.31 Å². The fourth-order valence-corrected chi connectivity index (χ4v) is 1.61. The summed E-state index contributed by atoms with van der Waals surface area (Å²) < 4.78 is 13.7. The molecule has 0 atom stereocenters. The average molecular weight is 314 g/mol. The van der Waals surface area contributed by atoms with Crippen molar-refractivity contribution in [2.45, 2.75) is 0 Å². The van der Waals surface area contributed by atoms with E-state index in [0.29, 0.717) is 0 Å². The number of aromatic nitrogens is 2. The Morgan fingerprint density at radius 2 is 2.17 bits per heavy atom. The first-order valence-electron chi connectivity index (χ1n) is 4.69. The van der Waals surface area contributed by atoms with Crippen LogP contribution in [0.1, 0.15) is 0 Å². The minimum absolute atomic E-state index is 0.179. The van der Waals surface area contributed by atoms with Crippen LogP contribution in [0, 0.1) is 15.9 Å². The molecule has 0 saturated heterocycles. The largest absolute Gasteiger partial charge is 0.288 e. The fraction of sp³-hybridized carbons (Fsp3) is 0. The molecule has 2 aromatic rings. The van der Waals surface area contributed by atoms with Crippen LogP contribution in [0.15, 0.2) is 39.7 Å². The minimum Gasteiger partial charge on any atom is -0.266 e. The van der Waals surface area contributed by atoms with Crippen molar-refractivity contribution in [1.82, 2.24) is 9.78 Å². The molecule has 0 unspecified atom stereocenters. The van der Waals surface area contributed by atoms with Crippen LogP contribution in [0.2, 0.25) is 0 Å². The predicted octanol–water partition coefficient (Wildman–Crippen LogP) is 2.04. The molecular weight excluding hydrogens is 309 g/mol. The first-order chi connectivity index (χ1) is 8.50. The lowest BCUT2D eigenvalue weighted by Gasteiger charge is -2.04. The average Bonchev–Trinajstić information content (AvgIpc) is 2.36. The minimum atomic E-state index is -0.790. The van der Waals surface area contributed by atoms with Crippen molar-refractivity contribution in [3.63, 3.8) is 0 Å². The third-order valence-corrected chi connectivity index (χ3v) is 2.88. The molecule has 1 aromatic heterocycles. The van der Waals surface area contributed by atoms with E-state index in [4.69, 9.17) is 0 Å². The number of hydrogen-bond acceptors (Lipinski definition) is 4. The number of benzene rings is 1. The third kappa shape index (κ3) is 2.14. The van der Waals surface area contributed by atoms with Gasteiger partial charge >= 0.3 is 0 Å². The molecule has 92 valence electrons. The van der Waals surface area contributed by atoms with E-state index in [0.717, 1.165) is 10.9 Å². The molecule has 0 fully saturated rings. The van der Waals surface area contributed by atoms with Crippen molar-refractivity contribution in [3.05, 3.63) is 61.2 Å². The Labute approximate surface area is 108 Å². The molecule has 0 N–H and O–H groups in total. The molecule has 8 heteroatoms. The first kappa shape index (κ1) is 12.4. The third-order valence-electron chi connectivity index (χ3n) is 2.16. The molecule has 0 spiro atoms. The highest BCUT2D eigenvalue weighted by atomic mass is 79.9. The molecule has 0 aliphatic heterocycles. The predicted molar refractivity (Wildman–Crippen MR) is 64.1 cm³/mol. The van der Waals surface area contributed by atoms with E-state index in [9.17, 15) is 19.3 Å². The van der Waals surface area contributed by atoms with Gasteiger partial charge in [0.05, 0.1) is 16.8 Å². The molecule has 0 amide bonds. The van der Waals surface area contributed by atoms with Crippen LogP contribution in [0.25, 0.3) is 5.69 Å². The van der Waals surface area contributed by atoms with E-state index >= 15 is 0 Å². The van der Waals surface area contributed by atoms with Crippen molar-refractivity contribution in [3.8, 4) is 5.69 Å². The summed E-state index contributed by atoms with van der Waals surface area (Å²) in [6.45, 7) is 0. The van der Waals surface area contributed by atoms with E-state index in [-0.39, 0.29) is 15.8 Å². The van der Waals surface area contributed by atoms with Gasteiger partial charge in [-0.2, -0.15) is 9.78 Å². The quantitative estimate of drug-likeness (QED) is 0.628. The van der Waals surface area contributed by atoms with Gasteiger partial charge in [0.15, 0.2) is 5.82 Å². The summed E-state index contributed by atoms with van der Waals surface area (Å²) in [6, 6.07) is 5.34. The highest BCUT2D eigenvalue weighted by Gasteiger charge is 2.12. The first-order valence-corrected chi connectivity index (χ1v) is 5.48. The number of rotatable bonds is 2. The van der Waals surface area contributed by atoms with E-state index < -0.39 is 16.3 Å². The van der Waals surface area contributed by atoms with Crippen LogP contribution < -0.4 is 5.56 Å². The zero-order chi connectivity index (χ0) is 13.3. The molecule has 0 radical (unpaired) electrons. The van der Waals surface area contributed by atoms with Gasteiger partial charge in [-0.1, -0.05) is 6.07 Å². The van der Waals surface area contributed by atoms with Crippen LogP contribution in [0.3, 0.4) is 0 Å².